The van der Waals surface area contributed by atoms with Crippen molar-refractivity contribution >= 4 is 51.5 Å². The van der Waals surface area contributed by atoms with Crippen LogP contribution in [0.5, 0.6) is 11.5 Å². The van der Waals surface area contributed by atoms with Crippen molar-refractivity contribution in [3.8, 4) is 11.5 Å². The molecule has 26 heavy (non-hydrogen) atoms. The molecule has 3 aromatic carbocycles. The van der Waals surface area contributed by atoms with Crippen molar-refractivity contribution in [2.24, 2.45) is 0 Å². The van der Waals surface area contributed by atoms with E-state index in [0.29, 0.717) is 5.75 Å². The molecule has 3 rings (SSSR count). The molecule has 7 heteroatoms. The maximum Gasteiger partial charge on any atom is 0.257 e. The van der Waals surface area contributed by atoms with Crippen LogP contribution in [0.3, 0.4) is 0 Å². The number of fused-ring (bicyclic) bond motifs is 1. The molecule has 0 spiro atoms. The molecular formula is C19H14Cl3NO3. The molecule has 0 saturated carbocycles. The van der Waals surface area contributed by atoms with Crippen molar-refractivity contribution in [2.45, 2.75) is 10.0 Å². The van der Waals surface area contributed by atoms with Crippen LogP contribution in [0.2, 0.25) is 0 Å². The summed E-state index contributed by atoms with van der Waals surface area (Å²) in [6.45, 7) is 0. The molecule has 1 atom stereocenters. The molecule has 0 aliphatic heterocycles. The molecular weight excluding hydrogens is 397 g/mol. The Bertz CT molecular complexity index is 935. The number of para-hydroxylation sites is 1. The molecule has 0 aliphatic carbocycles. The predicted molar refractivity (Wildman–Crippen MR) is 104 cm³/mol. The third-order valence-corrected chi connectivity index (χ3v) is 4.30. The Kier molecular flexibility index (Phi) is 5.47. The lowest BCUT2D eigenvalue weighted by molar-refractivity contribution is 0.0832. The average Bonchev–Trinajstić information content (AvgIpc) is 2.61. The number of phenols is 1. The molecule has 134 valence electrons. The first-order valence-corrected chi connectivity index (χ1v) is 8.79. The number of phenolic OH excluding ortho intramolecular Hbond substituents is 1. The van der Waals surface area contributed by atoms with E-state index in [-0.39, 0.29) is 11.3 Å². The summed E-state index contributed by atoms with van der Waals surface area (Å²) in [6.07, 6.45) is -1.27. The monoisotopic (exact) mass is 409 g/mol. The van der Waals surface area contributed by atoms with E-state index in [1.165, 1.54) is 12.1 Å². The number of hydrogen-bond acceptors (Lipinski definition) is 3. The molecule has 0 aliphatic rings. The summed E-state index contributed by atoms with van der Waals surface area (Å²) >= 11 is 18.0. The summed E-state index contributed by atoms with van der Waals surface area (Å²) in [5, 5.41) is 14.1. The van der Waals surface area contributed by atoms with Crippen LogP contribution in [0.1, 0.15) is 10.4 Å². The van der Waals surface area contributed by atoms with Gasteiger partial charge in [0.25, 0.3) is 5.91 Å². The van der Waals surface area contributed by atoms with E-state index in [0.717, 1.165) is 10.8 Å². The van der Waals surface area contributed by atoms with E-state index in [9.17, 15) is 9.90 Å². The Balaban J connectivity index is 1.90. The number of ether oxygens (including phenoxy) is 1. The lowest BCUT2D eigenvalue weighted by Crippen LogP contribution is -2.47. The van der Waals surface area contributed by atoms with Gasteiger partial charge < -0.3 is 15.2 Å². The first-order chi connectivity index (χ1) is 12.4. The number of hydrogen-bond donors (Lipinski definition) is 2. The van der Waals surface area contributed by atoms with Gasteiger partial charge in [0.05, 0.1) is 5.56 Å². The van der Waals surface area contributed by atoms with Crippen LogP contribution < -0.4 is 10.1 Å². The van der Waals surface area contributed by atoms with Gasteiger partial charge in [0.2, 0.25) is 10.0 Å². The number of aromatic hydroxyl groups is 1. The zero-order valence-corrected chi connectivity index (χ0v) is 15.6. The number of amides is 1. The first kappa shape index (κ1) is 18.6. The summed E-state index contributed by atoms with van der Waals surface area (Å²) in [6, 6.07) is 19.1. The summed E-state index contributed by atoms with van der Waals surface area (Å²) in [5.41, 5.74) is 0.0493. The van der Waals surface area contributed by atoms with Crippen LogP contribution in [0, 0.1) is 0 Å². The fraction of sp³-hybridized carbons (Fsp3) is 0.105. The molecule has 1 unspecified atom stereocenters. The van der Waals surface area contributed by atoms with E-state index in [2.05, 4.69) is 5.32 Å². The number of alkyl halides is 3. The highest BCUT2D eigenvalue weighted by molar-refractivity contribution is 6.68. The van der Waals surface area contributed by atoms with Gasteiger partial charge in [-0.1, -0.05) is 83.3 Å². The third kappa shape index (κ3) is 4.15. The van der Waals surface area contributed by atoms with Gasteiger partial charge in [-0.2, -0.15) is 0 Å². The summed E-state index contributed by atoms with van der Waals surface area (Å²) in [4.78, 5) is 12.4. The highest BCUT2D eigenvalue weighted by Gasteiger charge is 2.37. The zero-order chi connectivity index (χ0) is 18.7. The van der Waals surface area contributed by atoms with Crippen molar-refractivity contribution in [1.29, 1.82) is 0 Å². The summed E-state index contributed by atoms with van der Waals surface area (Å²) < 4.78 is 3.88. The van der Waals surface area contributed by atoms with Crippen molar-refractivity contribution < 1.29 is 14.6 Å². The second-order valence-corrected chi connectivity index (χ2v) is 7.88. The van der Waals surface area contributed by atoms with Crippen LogP contribution in [0.15, 0.2) is 66.7 Å². The van der Waals surface area contributed by atoms with E-state index in [1.54, 1.807) is 24.3 Å². The normalized spacial score (nSPS) is 12.6. The highest BCUT2D eigenvalue weighted by atomic mass is 35.6. The van der Waals surface area contributed by atoms with Gasteiger partial charge in [-0.3, -0.25) is 4.79 Å². The number of rotatable bonds is 4. The minimum absolute atomic E-state index is 0.0493. The fourth-order valence-corrected chi connectivity index (χ4v) is 2.76. The Labute approximate surface area is 165 Å². The van der Waals surface area contributed by atoms with E-state index in [1.807, 2.05) is 30.3 Å². The molecule has 0 radical (unpaired) electrons. The van der Waals surface area contributed by atoms with Crippen LogP contribution in [0.4, 0.5) is 0 Å². The maximum atomic E-state index is 12.4. The van der Waals surface area contributed by atoms with E-state index >= 15 is 0 Å². The highest BCUT2D eigenvalue weighted by Crippen LogP contribution is 2.34. The van der Waals surface area contributed by atoms with E-state index < -0.39 is 15.9 Å². The zero-order valence-electron chi connectivity index (χ0n) is 13.3. The number of nitrogens with one attached hydrogen (secondary N) is 1. The van der Waals surface area contributed by atoms with Crippen molar-refractivity contribution in [3.63, 3.8) is 0 Å². The number of benzene rings is 3. The van der Waals surface area contributed by atoms with Crippen molar-refractivity contribution in [3.05, 3.63) is 72.3 Å². The van der Waals surface area contributed by atoms with Gasteiger partial charge in [0.1, 0.15) is 11.5 Å². The number of halogens is 3. The molecule has 2 N–H and O–H groups in total. The minimum Gasteiger partial charge on any atom is -0.507 e. The largest absolute Gasteiger partial charge is 0.507 e. The molecule has 4 nitrogen and oxygen atoms in total. The standard InChI is InChI=1S/C19H14Cl3NO3/c20-19(21,22)18(23-17(25)14-9-3-4-10-15(14)24)26-16-11-5-7-12-6-1-2-8-13(12)16/h1-11,18,24H,(H,23,25). The number of carbonyl (C=O) groups excluding carboxylic acids is 1. The van der Waals surface area contributed by atoms with Gasteiger partial charge in [0, 0.05) is 5.39 Å². The second kappa shape index (κ2) is 7.62. The Morgan fingerprint density at radius 2 is 1.62 bits per heavy atom. The Morgan fingerprint density at radius 1 is 0.962 bits per heavy atom. The molecule has 3 aromatic rings. The molecule has 0 bridgehead atoms. The molecule has 0 aromatic heterocycles. The second-order valence-electron chi connectivity index (χ2n) is 5.51. The van der Waals surface area contributed by atoms with Crippen molar-refractivity contribution in [1.82, 2.24) is 5.32 Å². The quantitative estimate of drug-likeness (QED) is 0.467. The predicted octanol–water partition coefficient (Wildman–Crippen LogP) is 5.05. The lowest BCUT2D eigenvalue weighted by atomic mass is 10.1. The average molecular weight is 411 g/mol. The lowest BCUT2D eigenvalue weighted by Gasteiger charge is -2.27. The van der Waals surface area contributed by atoms with Crippen LogP contribution in [-0.2, 0) is 0 Å². The van der Waals surface area contributed by atoms with Gasteiger partial charge in [0.15, 0.2) is 0 Å². The SMILES string of the molecule is O=C(NC(Oc1cccc2ccccc12)C(Cl)(Cl)Cl)c1ccccc1O. The van der Waals surface area contributed by atoms with Gasteiger partial charge in [-0.15, -0.1) is 0 Å². The fourth-order valence-electron chi connectivity index (χ4n) is 2.47. The maximum absolute atomic E-state index is 12.4. The summed E-state index contributed by atoms with van der Waals surface area (Å²) in [7, 11) is 0. The van der Waals surface area contributed by atoms with E-state index in [4.69, 9.17) is 39.5 Å². The van der Waals surface area contributed by atoms with Crippen LogP contribution in [0.25, 0.3) is 10.8 Å². The smallest absolute Gasteiger partial charge is 0.257 e. The van der Waals surface area contributed by atoms with Crippen LogP contribution >= 0.6 is 34.8 Å². The summed E-state index contributed by atoms with van der Waals surface area (Å²) in [5.74, 6) is -0.352. The van der Waals surface area contributed by atoms with Gasteiger partial charge in [-0.05, 0) is 23.6 Å². The Morgan fingerprint density at radius 3 is 2.35 bits per heavy atom. The number of carbonyl (C=O) groups is 1. The first-order valence-electron chi connectivity index (χ1n) is 7.66. The van der Waals surface area contributed by atoms with Gasteiger partial charge in [-0.25, -0.2) is 0 Å². The van der Waals surface area contributed by atoms with Crippen LogP contribution in [-0.4, -0.2) is 21.0 Å². The molecule has 0 heterocycles. The molecule has 0 fully saturated rings. The molecule has 0 saturated heterocycles. The van der Waals surface area contributed by atoms with Gasteiger partial charge >= 0.3 is 0 Å². The molecule has 1 amide bonds. The van der Waals surface area contributed by atoms with Crippen molar-refractivity contribution in [2.75, 3.05) is 0 Å². The topological polar surface area (TPSA) is 58.6 Å². The third-order valence-electron chi connectivity index (χ3n) is 3.70. The Hall–Kier alpha value is -2.14. The minimum atomic E-state index is -1.93.